The van der Waals surface area contributed by atoms with Crippen molar-refractivity contribution in [3.05, 3.63) is 46.9 Å². The van der Waals surface area contributed by atoms with E-state index in [1.807, 2.05) is 6.07 Å². The fourth-order valence-electron chi connectivity index (χ4n) is 2.70. The van der Waals surface area contributed by atoms with Gasteiger partial charge in [0.05, 0.1) is 12.1 Å². The highest BCUT2D eigenvalue weighted by atomic mass is 35.5. The van der Waals surface area contributed by atoms with Gasteiger partial charge in [-0.3, -0.25) is 4.90 Å². The minimum atomic E-state index is -0.372. The van der Waals surface area contributed by atoms with Crippen molar-refractivity contribution in [2.45, 2.75) is 19.0 Å². The number of benzene rings is 1. The van der Waals surface area contributed by atoms with Crippen molar-refractivity contribution < 1.29 is 9.13 Å². The first-order valence-corrected chi connectivity index (χ1v) is 7.81. The van der Waals surface area contributed by atoms with Crippen molar-refractivity contribution in [1.29, 1.82) is 0 Å². The third kappa shape index (κ3) is 4.09. The average molecular weight is 337 g/mol. The van der Waals surface area contributed by atoms with Crippen molar-refractivity contribution >= 4 is 17.5 Å². The number of rotatable bonds is 5. The third-order valence-corrected chi connectivity index (χ3v) is 4.14. The third-order valence-electron chi connectivity index (χ3n) is 3.83. The van der Waals surface area contributed by atoms with Crippen LogP contribution in [0.5, 0.6) is 5.88 Å². The lowest BCUT2D eigenvalue weighted by molar-refractivity contribution is 0.328. The van der Waals surface area contributed by atoms with Gasteiger partial charge in [0.2, 0.25) is 11.8 Å². The number of likely N-dealkylation sites (tertiary alicyclic amines) is 1. The van der Waals surface area contributed by atoms with Gasteiger partial charge in [0.25, 0.3) is 0 Å². The number of hydrogen-bond donors (Lipinski definition) is 1. The van der Waals surface area contributed by atoms with Crippen molar-refractivity contribution in [1.82, 2.24) is 14.9 Å². The number of nitrogens with zero attached hydrogens (tertiary/aromatic N) is 3. The normalized spacial score (nSPS) is 18.1. The second-order valence-electron chi connectivity index (χ2n) is 5.54. The molecular formula is C16H18ClFN4O. The van der Waals surface area contributed by atoms with E-state index in [1.165, 1.54) is 6.07 Å². The Labute approximate surface area is 139 Å². The van der Waals surface area contributed by atoms with Gasteiger partial charge in [0, 0.05) is 37.9 Å². The number of nitrogens with one attached hydrogen (secondary N) is 1. The average Bonchev–Trinajstić information content (AvgIpc) is 2.98. The molecule has 1 aliphatic rings. The van der Waals surface area contributed by atoms with Crippen LogP contribution in [0.3, 0.4) is 0 Å². The number of halogens is 2. The topological polar surface area (TPSA) is 50.3 Å². The van der Waals surface area contributed by atoms with Crippen LogP contribution >= 0.6 is 11.6 Å². The Hall–Kier alpha value is -1.92. The summed E-state index contributed by atoms with van der Waals surface area (Å²) >= 11 is 5.71. The maximum Gasteiger partial charge on any atom is 0.226 e. The fraction of sp³-hybridized carbons (Fsp3) is 0.375. The van der Waals surface area contributed by atoms with Gasteiger partial charge in [-0.25, -0.2) is 9.37 Å². The summed E-state index contributed by atoms with van der Waals surface area (Å²) in [6.07, 6.45) is 2.65. The summed E-state index contributed by atoms with van der Waals surface area (Å²) in [4.78, 5) is 10.7. The Balaban J connectivity index is 1.56. The van der Waals surface area contributed by atoms with E-state index in [4.69, 9.17) is 16.3 Å². The van der Waals surface area contributed by atoms with Crippen LogP contribution in [0.25, 0.3) is 0 Å². The minimum absolute atomic E-state index is 0.157. The quantitative estimate of drug-likeness (QED) is 0.909. The lowest BCUT2D eigenvalue weighted by Gasteiger charge is -2.17. The van der Waals surface area contributed by atoms with E-state index in [9.17, 15) is 4.39 Å². The van der Waals surface area contributed by atoms with E-state index < -0.39 is 0 Å². The summed E-state index contributed by atoms with van der Waals surface area (Å²) in [5.74, 6) is 0.727. The zero-order valence-electron chi connectivity index (χ0n) is 12.8. The smallest absolute Gasteiger partial charge is 0.226 e. The second kappa shape index (κ2) is 7.10. The molecule has 5 nitrogen and oxygen atoms in total. The van der Waals surface area contributed by atoms with Gasteiger partial charge in [0.15, 0.2) is 0 Å². The molecule has 122 valence electrons. The van der Waals surface area contributed by atoms with Gasteiger partial charge in [-0.2, -0.15) is 4.98 Å². The molecule has 1 N–H and O–H groups in total. The number of anilines is 1. The molecule has 1 fully saturated rings. The van der Waals surface area contributed by atoms with E-state index >= 15 is 0 Å². The molecule has 0 bridgehead atoms. The largest absolute Gasteiger partial charge is 0.481 e. The molecule has 1 unspecified atom stereocenters. The summed E-state index contributed by atoms with van der Waals surface area (Å²) in [5, 5.41) is 3.47. The molecule has 0 amide bonds. The van der Waals surface area contributed by atoms with Gasteiger partial charge in [-0.1, -0.05) is 17.7 Å². The Morgan fingerprint density at radius 2 is 2.30 bits per heavy atom. The van der Waals surface area contributed by atoms with Crippen LogP contribution in [0.1, 0.15) is 12.0 Å². The predicted octanol–water partition coefficient (Wildman–Crippen LogP) is 2.96. The zero-order chi connectivity index (χ0) is 16.2. The summed E-state index contributed by atoms with van der Waals surface area (Å²) in [7, 11) is 1.58. The molecule has 1 aromatic heterocycles. The van der Waals surface area contributed by atoms with Crippen LogP contribution in [0.4, 0.5) is 10.3 Å². The zero-order valence-corrected chi connectivity index (χ0v) is 13.6. The molecule has 1 aromatic carbocycles. The second-order valence-corrected chi connectivity index (χ2v) is 5.94. The lowest BCUT2D eigenvalue weighted by atomic mass is 10.2. The molecule has 2 heterocycles. The molecule has 3 rings (SSSR count). The number of aromatic nitrogens is 2. The number of methoxy groups -OCH3 is 1. The van der Waals surface area contributed by atoms with Gasteiger partial charge in [-0.15, -0.1) is 0 Å². The first-order valence-electron chi connectivity index (χ1n) is 7.44. The summed E-state index contributed by atoms with van der Waals surface area (Å²) in [6.45, 7) is 2.49. The molecule has 2 aromatic rings. The molecule has 1 aliphatic heterocycles. The van der Waals surface area contributed by atoms with Crippen LogP contribution in [0, 0.1) is 5.82 Å². The molecule has 7 heteroatoms. The number of ether oxygens (including phenoxy) is 1. The van der Waals surface area contributed by atoms with Gasteiger partial charge < -0.3 is 10.1 Å². The molecular weight excluding hydrogens is 319 g/mol. The highest BCUT2D eigenvalue weighted by Gasteiger charge is 2.23. The Morgan fingerprint density at radius 1 is 1.43 bits per heavy atom. The van der Waals surface area contributed by atoms with Crippen LogP contribution in [-0.4, -0.2) is 41.1 Å². The van der Waals surface area contributed by atoms with E-state index in [1.54, 1.807) is 25.4 Å². The molecule has 0 spiro atoms. The maximum atomic E-state index is 13.5. The molecule has 1 saturated heterocycles. The minimum Gasteiger partial charge on any atom is -0.481 e. The first kappa shape index (κ1) is 16.0. The molecule has 0 saturated carbocycles. The van der Waals surface area contributed by atoms with Gasteiger partial charge >= 0.3 is 0 Å². The Kier molecular flexibility index (Phi) is 4.93. The van der Waals surface area contributed by atoms with E-state index in [0.717, 1.165) is 25.1 Å². The maximum absolute atomic E-state index is 13.5. The standard InChI is InChI=1S/C16H18ClFN4O/c1-23-15-4-6-19-16(21-15)20-12-5-7-22(10-12)9-11-2-3-13(17)14(18)8-11/h2-4,6,8,12H,5,7,9-10H2,1H3,(H,19,20,21). The van der Waals surface area contributed by atoms with Gasteiger partial charge in [-0.05, 0) is 24.1 Å². The monoisotopic (exact) mass is 336 g/mol. The number of hydrogen-bond acceptors (Lipinski definition) is 5. The summed E-state index contributed by atoms with van der Waals surface area (Å²) in [5.41, 5.74) is 0.921. The van der Waals surface area contributed by atoms with E-state index in [0.29, 0.717) is 18.4 Å². The molecule has 1 atom stereocenters. The van der Waals surface area contributed by atoms with Crippen molar-refractivity contribution in [3.8, 4) is 5.88 Å². The van der Waals surface area contributed by atoms with Crippen LogP contribution in [-0.2, 0) is 6.54 Å². The van der Waals surface area contributed by atoms with Crippen LogP contribution < -0.4 is 10.1 Å². The van der Waals surface area contributed by atoms with Crippen molar-refractivity contribution in [2.75, 3.05) is 25.5 Å². The van der Waals surface area contributed by atoms with Gasteiger partial charge in [0.1, 0.15) is 5.82 Å². The van der Waals surface area contributed by atoms with Crippen molar-refractivity contribution in [2.24, 2.45) is 0 Å². The molecule has 0 radical (unpaired) electrons. The van der Waals surface area contributed by atoms with Crippen LogP contribution in [0.15, 0.2) is 30.5 Å². The van der Waals surface area contributed by atoms with E-state index in [-0.39, 0.29) is 16.9 Å². The highest BCUT2D eigenvalue weighted by molar-refractivity contribution is 6.30. The summed E-state index contributed by atoms with van der Waals surface area (Å²) < 4.78 is 18.6. The van der Waals surface area contributed by atoms with Crippen molar-refractivity contribution in [3.63, 3.8) is 0 Å². The Morgan fingerprint density at radius 3 is 3.09 bits per heavy atom. The Bertz CT molecular complexity index is 685. The first-order chi connectivity index (χ1) is 11.1. The lowest BCUT2D eigenvalue weighted by Crippen LogP contribution is -2.26. The molecule has 23 heavy (non-hydrogen) atoms. The molecule has 0 aliphatic carbocycles. The summed E-state index contributed by atoms with van der Waals surface area (Å²) in [6, 6.07) is 6.92. The predicted molar refractivity (Wildman–Crippen MR) is 87.3 cm³/mol. The highest BCUT2D eigenvalue weighted by Crippen LogP contribution is 2.20. The SMILES string of the molecule is COc1ccnc(NC2CCN(Cc3ccc(Cl)c(F)c3)C2)n1. The van der Waals surface area contributed by atoms with Crippen LogP contribution in [0.2, 0.25) is 5.02 Å². The van der Waals surface area contributed by atoms with E-state index in [2.05, 4.69) is 20.2 Å². The fourth-order valence-corrected chi connectivity index (χ4v) is 2.82.